The van der Waals surface area contributed by atoms with E-state index in [-0.39, 0.29) is 5.92 Å². The van der Waals surface area contributed by atoms with Crippen molar-refractivity contribution in [2.45, 2.75) is 51.9 Å². The summed E-state index contributed by atoms with van der Waals surface area (Å²) in [5, 5.41) is 0. The third-order valence-electron chi connectivity index (χ3n) is 4.92. The molecule has 0 aromatic rings. The summed E-state index contributed by atoms with van der Waals surface area (Å²) in [6.45, 7) is 3.87. The van der Waals surface area contributed by atoms with E-state index >= 15 is 0 Å². The van der Waals surface area contributed by atoms with Crippen LogP contribution < -0.4 is 0 Å². The molecule has 0 aromatic heterocycles. The summed E-state index contributed by atoms with van der Waals surface area (Å²) in [4.78, 5) is 26.5. The van der Waals surface area contributed by atoms with E-state index in [9.17, 15) is 9.59 Å². The fourth-order valence-electron chi connectivity index (χ4n) is 4.01. The fraction of sp³-hybridized carbons (Fsp3) is 0.750. The molecule has 0 saturated carbocycles. The van der Waals surface area contributed by atoms with Crippen molar-refractivity contribution < 1.29 is 9.59 Å². The highest BCUT2D eigenvalue weighted by Gasteiger charge is 2.35. The molecule has 2 atom stereocenters. The lowest BCUT2D eigenvalue weighted by Gasteiger charge is -2.25. The zero-order valence-corrected chi connectivity index (χ0v) is 11.8. The van der Waals surface area contributed by atoms with Gasteiger partial charge in [0, 0.05) is 31.8 Å². The minimum Gasteiger partial charge on any atom is -0.343 e. The third-order valence-corrected chi connectivity index (χ3v) is 4.92. The molecule has 1 saturated heterocycles. The maximum absolute atomic E-state index is 12.3. The molecule has 0 aromatic carbocycles. The van der Waals surface area contributed by atoms with Crippen molar-refractivity contribution in [3.8, 4) is 0 Å². The van der Waals surface area contributed by atoms with E-state index in [0.717, 1.165) is 45.2 Å². The molecule has 0 N–H and O–H groups in total. The van der Waals surface area contributed by atoms with E-state index < -0.39 is 0 Å². The Hall–Kier alpha value is -1.12. The van der Waals surface area contributed by atoms with E-state index in [1.165, 1.54) is 11.1 Å². The second-order valence-corrected chi connectivity index (χ2v) is 6.46. The maximum Gasteiger partial charge on any atom is 0.222 e. The number of Topliss-reactive ketones (excluding diaryl/α,β-unsaturated/α-hetero) is 1. The van der Waals surface area contributed by atoms with Gasteiger partial charge >= 0.3 is 0 Å². The first-order valence-electron chi connectivity index (χ1n) is 7.66. The molecule has 0 radical (unpaired) electrons. The Morgan fingerprint density at radius 3 is 2.74 bits per heavy atom. The van der Waals surface area contributed by atoms with Crippen molar-refractivity contribution in [1.82, 2.24) is 4.90 Å². The molecular formula is C16H23NO2. The van der Waals surface area contributed by atoms with Crippen LogP contribution in [0.15, 0.2) is 11.1 Å². The zero-order chi connectivity index (χ0) is 13.4. The monoisotopic (exact) mass is 261 g/mol. The van der Waals surface area contributed by atoms with Crippen LogP contribution in [0.3, 0.4) is 0 Å². The number of allylic oxidation sites excluding steroid dienone is 2. The van der Waals surface area contributed by atoms with Crippen LogP contribution in [0.25, 0.3) is 0 Å². The maximum atomic E-state index is 12.3. The van der Waals surface area contributed by atoms with E-state index in [4.69, 9.17) is 0 Å². The van der Waals surface area contributed by atoms with E-state index in [1.54, 1.807) is 0 Å². The summed E-state index contributed by atoms with van der Waals surface area (Å²) >= 11 is 0. The highest BCUT2D eigenvalue weighted by atomic mass is 16.2. The minimum atomic E-state index is 0.190. The molecule has 0 unspecified atom stereocenters. The Kier molecular flexibility index (Phi) is 3.46. The molecule has 3 heteroatoms. The summed E-state index contributed by atoms with van der Waals surface area (Å²) in [5.41, 5.74) is 2.83. The van der Waals surface area contributed by atoms with Crippen LogP contribution in [0, 0.1) is 11.8 Å². The number of nitrogens with zero attached hydrogens (tertiary/aromatic N) is 1. The van der Waals surface area contributed by atoms with Crippen molar-refractivity contribution in [1.29, 1.82) is 0 Å². The minimum absolute atomic E-state index is 0.190. The molecule has 1 amide bonds. The normalized spacial score (nSPS) is 32.6. The Balaban J connectivity index is 1.96. The van der Waals surface area contributed by atoms with E-state index in [2.05, 4.69) is 6.92 Å². The van der Waals surface area contributed by atoms with Crippen LogP contribution in [0.1, 0.15) is 51.9 Å². The van der Waals surface area contributed by atoms with Crippen LogP contribution >= 0.6 is 0 Å². The number of amides is 1. The van der Waals surface area contributed by atoms with E-state index in [0.29, 0.717) is 30.4 Å². The summed E-state index contributed by atoms with van der Waals surface area (Å²) in [6, 6.07) is 0. The summed E-state index contributed by atoms with van der Waals surface area (Å²) in [5.74, 6) is 1.33. The van der Waals surface area contributed by atoms with Crippen LogP contribution in [-0.4, -0.2) is 29.7 Å². The van der Waals surface area contributed by atoms with Crippen molar-refractivity contribution in [2.24, 2.45) is 11.8 Å². The predicted octanol–water partition coefficient (Wildman–Crippen LogP) is 2.70. The second-order valence-electron chi connectivity index (χ2n) is 6.46. The predicted molar refractivity (Wildman–Crippen MR) is 73.6 cm³/mol. The molecule has 1 fully saturated rings. The molecular weight excluding hydrogens is 238 g/mol. The quantitative estimate of drug-likeness (QED) is 0.629. The van der Waals surface area contributed by atoms with Crippen LogP contribution in [0.2, 0.25) is 0 Å². The van der Waals surface area contributed by atoms with Crippen molar-refractivity contribution >= 4 is 11.7 Å². The Morgan fingerprint density at radius 2 is 1.89 bits per heavy atom. The fourth-order valence-corrected chi connectivity index (χ4v) is 4.01. The Labute approximate surface area is 115 Å². The topological polar surface area (TPSA) is 37.4 Å². The highest BCUT2D eigenvalue weighted by Crippen LogP contribution is 2.40. The highest BCUT2D eigenvalue weighted by molar-refractivity contribution is 5.89. The lowest BCUT2D eigenvalue weighted by molar-refractivity contribution is -0.132. The average Bonchev–Trinajstić information content (AvgIpc) is 2.67. The number of fused-ring (bicyclic) bond motifs is 3. The van der Waals surface area contributed by atoms with Gasteiger partial charge in [0.1, 0.15) is 5.78 Å². The van der Waals surface area contributed by atoms with Gasteiger partial charge in [0.05, 0.1) is 0 Å². The summed E-state index contributed by atoms with van der Waals surface area (Å²) in [7, 11) is 0. The molecule has 2 aliphatic heterocycles. The van der Waals surface area contributed by atoms with Gasteiger partial charge in [0.15, 0.2) is 0 Å². The first-order valence-corrected chi connectivity index (χ1v) is 7.66. The number of carbonyl (C=O) groups excluding carboxylic acids is 2. The molecule has 1 aliphatic carbocycles. The zero-order valence-electron chi connectivity index (χ0n) is 11.8. The lowest BCUT2D eigenvalue weighted by Crippen LogP contribution is -2.34. The Morgan fingerprint density at radius 1 is 1.11 bits per heavy atom. The third kappa shape index (κ3) is 2.47. The van der Waals surface area contributed by atoms with Gasteiger partial charge in [0.25, 0.3) is 0 Å². The van der Waals surface area contributed by atoms with Gasteiger partial charge in [0.2, 0.25) is 5.91 Å². The number of carbonyl (C=O) groups is 2. The molecule has 0 spiro atoms. The van der Waals surface area contributed by atoms with Gasteiger partial charge in [-0.2, -0.15) is 0 Å². The standard InChI is InChI=1S/C16H23NO2/c1-11-8-12-10-15(18)14-5-3-7-17(16(19)9-11)6-2-4-13(12)14/h11,14H,2-10H2,1H3/t11-,14-/m1/s1. The molecule has 3 aliphatic rings. The largest absolute Gasteiger partial charge is 0.343 e. The second kappa shape index (κ2) is 5.10. The van der Waals surface area contributed by atoms with Gasteiger partial charge in [-0.05, 0) is 38.0 Å². The Bertz CT molecular complexity index is 438. The first-order chi connectivity index (χ1) is 9.15. The molecule has 3 rings (SSSR count). The summed E-state index contributed by atoms with van der Waals surface area (Å²) in [6.07, 6.45) is 6.27. The summed E-state index contributed by atoms with van der Waals surface area (Å²) < 4.78 is 0. The first kappa shape index (κ1) is 12.9. The van der Waals surface area contributed by atoms with Crippen LogP contribution in [-0.2, 0) is 9.59 Å². The van der Waals surface area contributed by atoms with Crippen molar-refractivity contribution in [3.05, 3.63) is 11.1 Å². The van der Waals surface area contributed by atoms with Crippen molar-refractivity contribution in [3.63, 3.8) is 0 Å². The number of ketones is 1. The number of hydrogen-bond donors (Lipinski definition) is 0. The van der Waals surface area contributed by atoms with Gasteiger partial charge < -0.3 is 4.90 Å². The van der Waals surface area contributed by atoms with Gasteiger partial charge in [-0.15, -0.1) is 0 Å². The van der Waals surface area contributed by atoms with E-state index in [1.807, 2.05) is 4.90 Å². The van der Waals surface area contributed by atoms with Crippen LogP contribution in [0.4, 0.5) is 0 Å². The number of hydrogen-bond acceptors (Lipinski definition) is 2. The van der Waals surface area contributed by atoms with Crippen LogP contribution in [0.5, 0.6) is 0 Å². The smallest absolute Gasteiger partial charge is 0.222 e. The SMILES string of the molecule is C[C@H]1CC(=O)N2CCCC3=C(CC(=O)[C@@H]3CCC2)C1. The molecule has 3 nitrogen and oxygen atoms in total. The molecule has 2 heterocycles. The van der Waals surface area contributed by atoms with Gasteiger partial charge in [-0.1, -0.05) is 18.1 Å². The number of rotatable bonds is 0. The molecule has 104 valence electrons. The lowest BCUT2D eigenvalue weighted by atomic mass is 9.89. The molecule has 19 heavy (non-hydrogen) atoms. The molecule has 2 bridgehead atoms. The van der Waals surface area contributed by atoms with Crippen molar-refractivity contribution in [2.75, 3.05) is 13.1 Å². The van der Waals surface area contributed by atoms with Gasteiger partial charge in [-0.3, -0.25) is 9.59 Å². The average molecular weight is 261 g/mol. The van der Waals surface area contributed by atoms with Gasteiger partial charge in [-0.25, -0.2) is 0 Å².